The van der Waals surface area contributed by atoms with Crippen LogP contribution in [0.5, 0.6) is 0 Å². The lowest BCUT2D eigenvalue weighted by atomic mass is 10.1. The molecule has 1 aromatic rings. The lowest BCUT2D eigenvalue weighted by molar-refractivity contribution is 0.0946. The molecule has 2 heterocycles. The van der Waals surface area contributed by atoms with Gasteiger partial charge in [-0.3, -0.25) is 4.79 Å². The second-order valence-electron chi connectivity index (χ2n) is 3.96. The van der Waals surface area contributed by atoms with Crippen molar-refractivity contribution in [1.82, 2.24) is 10.6 Å². The molecule has 1 unspecified atom stereocenters. The SMILES string of the molecule is O=C(NCC1CCCCN1)c1ccoc1Br. The Bertz CT molecular complexity index is 359. The fourth-order valence-electron chi connectivity index (χ4n) is 1.87. The van der Waals surface area contributed by atoms with E-state index in [0.29, 0.717) is 22.8 Å². The topological polar surface area (TPSA) is 54.3 Å². The highest BCUT2D eigenvalue weighted by molar-refractivity contribution is 9.10. The minimum atomic E-state index is -0.0898. The molecule has 1 atom stereocenters. The third-order valence-corrected chi connectivity index (χ3v) is 3.40. The van der Waals surface area contributed by atoms with Crippen molar-refractivity contribution in [3.8, 4) is 0 Å². The molecule has 2 N–H and O–H groups in total. The third kappa shape index (κ3) is 2.86. The van der Waals surface area contributed by atoms with Gasteiger partial charge in [-0.05, 0) is 41.4 Å². The van der Waals surface area contributed by atoms with Crippen molar-refractivity contribution in [3.63, 3.8) is 0 Å². The predicted molar refractivity (Wildman–Crippen MR) is 64.4 cm³/mol. The summed E-state index contributed by atoms with van der Waals surface area (Å²) in [6.07, 6.45) is 5.10. The van der Waals surface area contributed by atoms with Gasteiger partial charge < -0.3 is 15.1 Å². The number of rotatable bonds is 3. The first-order valence-electron chi connectivity index (χ1n) is 5.52. The molecule has 1 aromatic heterocycles. The van der Waals surface area contributed by atoms with E-state index in [1.165, 1.54) is 19.1 Å². The molecule has 0 bridgehead atoms. The molecule has 1 aliphatic rings. The number of piperidine rings is 1. The van der Waals surface area contributed by atoms with Crippen LogP contribution in [0.4, 0.5) is 0 Å². The van der Waals surface area contributed by atoms with Gasteiger partial charge in [0.25, 0.3) is 5.91 Å². The van der Waals surface area contributed by atoms with Gasteiger partial charge in [-0.15, -0.1) is 0 Å². The van der Waals surface area contributed by atoms with Gasteiger partial charge >= 0.3 is 0 Å². The van der Waals surface area contributed by atoms with E-state index in [0.717, 1.165) is 13.0 Å². The normalized spacial score (nSPS) is 20.7. The van der Waals surface area contributed by atoms with E-state index in [9.17, 15) is 4.79 Å². The van der Waals surface area contributed by atoms with Crippen LogP contribution >= 0.6 is 15.9 Å². The zero-order chi connectivity index (χ0) is 11.4. The summed E-state index contributed by atoms with van der Waals surface area (Å²) >= 11 is 3.19. The Hall–Kier alpha value is -0.810. The van der Waals surface area contributed by atoms with Crippen LogP contribution < -0.4 is 10.6 Å². The molecular weight excluding hydrogens is 272 g/mol. The van der Waals surface area contributed by atoms with Crippen molar-refractivity contribution in [1.29, 1.82) is 0 Å². The summed E-state index contributed by atoms with van der Waals surface area (Å²) in [6.45, 7) is 1.73. The van der Waals surface area contributed by atoms with Crippen LogP contribution in [0, 0.1) is 0 Å². The maximum atomic E-state index is 11.7. The minimum absolute atomic E-state index is 0.0898. The summed E-state index contributed by atoms with van der Waals surface area (Å²) < 4.78 is 5.51. The number of carbonyl (C=O) groups is 1. The first kappa shape index (κ1) is 11.7. The van der Waals surface area contributed by atoms with Crippen LogP contribution in [0.1, 0.15) is 29.6 Å². The van der Waals surface area contributed by atoms with Crippen LogP contribution in [-0.4, -0.2) is 25.0 Å². The Morgan fingerprint density at radius 1 is 1.62 bits per heavy atom. The van der Waals surface area contributed by atoms with Crippen LogP contribution in [0.3, 0.4) is 0 Å². The molecule has 0 aromatic carbocycles. The molecule has 16 heavy (non-hydrogen) atoms. The Kier molecular flexibility index (Phi) is 4.01. The molecule has 1 saturated heterocycles. The summed E-state index contributed by atoms with van der Waals surface area (Å²) in [4.78, 5) is 11.7. The molecule has 0 saturated carbocycles. The van der Waals surface area contributed by atoms with Gasteiger partial charge in [0.2, 0.25) is 0 Å². The van der Waals surface area contributed by atoms with Crippen molar-refractivity contribution in [2.45, 2.75) is 25.3 Å². The number of hydrogen-bond donors (Lipinski definition) is 2. The average Bonchev–Trinajstić information content (AvgIpc) is 2.74. The quantitative estimate of drug-likeness (QED) is 0.893. The molecule has 88 valence electrons. The molecule has 0 radical (unpaired) electrons. The van der Waals surface area contributed by atoms with Crippen LogP contribution in [-0.2, 0) is 0 Å². The number of halogens is 1. The Morgan fingerprint density at radius 3 is 3.12 bits per heavy atom. The zero-order valence-corrected chi connectivity index (χ0v) is 10.5. The second-order valence-corrected chi connectivity index (χ2v) is 4.69. The maximum absolute atomic E-state index is 11.7. The smallest absolute Gasteiger partial charge is 0.255 e. The summed E-state index contributed by atoms with van der Waals surface area (Å²) in [5.41, 5.74) is 0.552. The predicted octanol–water partition coefficient (Wildman–Crippen LogP) is 1.91. The second kappa shape index (κ2) is 5.50. The van der Waals surface area contributed by atoms with E-state index in [2.05, 4.69) is 26.6 Å². The van der Waals surface area contributed by atoms with Crippen LogP contribution in [0.2, 0.25) is 0 Å². The maximum Gasteiger partial charge on any atom is 0.255 e. The van der Waals surface area contributed by atoms with Crippen molar-refractivity contribution >= 4 is 21.8 Å². The molecular formula is C11H15BrN2O2. The highest BCUT2D eigenvalue weighted by Gasteiger charge is 2.16. The van der Waals surface area contributed by atoms with Gasteiger partial charge in [0.1, 0.15) is 0 Å². The molecule has 1 amide bonds. The summed E-state index contributed by atoms with van der Waals surface area (Å²) in [6, 6.07) is 2.07. The number of carbonyl (C=O) groups excluding carboxylic acids is 1. The fraction of sp³-hybridized carbons (Fsp3) is 0.545. The van der Waals surface area contributed by atoms with E-state index in [-0.39, 0.29) is 5.91 Å². The molecule has 2 rings (SSSR count). The van der Waals surface area contributed by atoms with Crippen molar-refractivity contribution < 1.29 is 9.21 Å². The van der Waals surface area contributed by atoms with Crippen molar-refractivity contribution in [3.05, 3.63) is 22.6 Å². The Balaban J connectivity index is 1.81. The van der Waals surface area contributed by atoms with Gasteiger partial charge in [0.15, 0.2) is 4.67 Å². The van der Waals surface area contributed by atoms with Gasteiger partial charge in [-0.1, -0.05) is 6.42 Å². The number of amides is 1. The minimum Gasteiger partial charge on any atom is -0.457 e. The van der Waals surface area contributed by atoms with E-state index in [1.807, 2.05) is 0 Å². The molecule has 5 heteroatoms. The van der Waals surface area contributed by atoms with E-state index in [4.69, 9.17) is 4.42 Å². The number of nitrogens with one attached hydrogen (secondary N) is 2. The van der Waals surface area contributed by atoms with Crippen LogP contribution in [0.15, 0.2) is 21.4 Å². The lowest BCUT2D eigenvalue weighted by Crippen LogP contribution is -2.43. The van der Waals surface area contributed by atoms with Gasteiger partial charge in [0.05, 0.1) is 11.8 Å². The highest BCUT2D eigenvalue weighted by Crippen LogP contribution is 2.17. The van der Waals surface area contributed by atoms with Crippen molar-refractivity contribution in [2.75, 3.05) is 13.1 Å². The Labute approximate surface area is 103 Å². The molecule has 4 nitrogen and oxygen atoms in total. The van der Waals surface area contributed by atoms with E-state index < -0.39 is 0 Å². The first-order chi connectivity index (χ1) is 7.77. The number of hydrogen-bond acceptors (Lipinski definition) is 3. The summed E-state index contributed by atoms with van der Waals surface area (Å²) in [5.74, 6) is -0.0898. The standard InChI is InChI=1S/C11H15BrN2O2/c12-10-9(4-6-16-10)11(15)14-7-8-3-1-2-5-13-8/h4,6,8,13H,1-3,5,7H2,(H,14,15). The molecule has 1 fully saturated rings. The monoisotopic (exact) mass is 286 g/mol. The largest absolute Gasteiger partial charge is 0.457 e. The first-order valence-corrected chi connectivity index (χ1v) is 6.31. The highest BCUT2D eigenvalue weighted by atomic mass is 79.9. The lowest BCUT2D eigenvalue weighted by Gasteiger charge is -2.23. The average molecular weight is 287 g/mol. The van der Waals surface area contributed by atoms with E-state index >= 15 is 0 Å². The summed E-state index contributed by atoms with van der Waals surface area (Å²) in [5, 5.41) is 6.29. The van der Waals surface area contributed by atoms with Gasteiger partial charge in [-0.25, -0.2) is 0 Å². The molecule has 0 spiro atoms. The van der Waals surface area contributed by atoms with Gasteiger partial charge in [0, 0.05) is 12.6 Å². The van der Waals surface area contributed by atoms with Crippen molar-refractivity contribution in [2.24, 2.45) is 0 Å². The number of furan rings is 1. The van der Waals surface area contributed by atoms with E-state index in [1.54, 1.807) is 6.07 Å². The zero-order valence-electron chi connectivity index (χ0n) is 8.96. The summed E-state index contributed by atoms with van der Waals surface area (Å²) in [7, 11) is 0. The molecule has 0 aliphatic carbocycles. The van der Waals surface area contributed by atoms with Gasteiger partial charge in [-0.2, -0.15) is 0 Å². The Morgan fingerprint density at radius 2 is 2.50 bits per heavy atom. The molecule has 1 aliphatic heterocycles. The third-order valence-electron chi connectivity index (χ3n) is 2.78. The van der Waals surface area contributed by atoms with Crippen LogP contribution in [0.25, 0.3) is 0 Å². The fourth-order valence-corrected chi connectivity index (χ4v) is 2.29.